The number of carbonyl (C=O) groups excluding carboxylic acids is 1. The molecule has 1 aliphatic carbocycles. The first-order valence-electron chi connectivity index (χ1n) is 7.29. The van der Waals surface area contributed by atoms with E-state index in [2.05, 4.69) is 10.2 Å². The molecule has 2 rings (SSSR count). The largest absolute Gasteiger partial charge is 0.384 e. The first-order valence-corrected chi connectivity index (χ1v) is 7.29. The van der Waals surface area contributed by atoms with E-state index in [1.807, 2.05) is 0 Å². The summed E-state index contributed by atoms with van der Waals surface area (Å²) in [5, 5.41) is 3.02. The second kappa shape index (κ2) is 7.10. The third-order valence-corrected chi connectivity index (χ3v) is 4.28. The van der Waals surface area contributed by atoms with Crippen LogP contribution in [0.1, 0.15) is 38.5 Å². The van der Waals surface area contributed by atoms with Crippen molar-refractivity contribution < 1.29 is 9.53 Å². The molecule has 0 unspecified atom stereocenters. The van der Waals surface area contributed by atoms with Crippen molar-refractivity contribution >= 4 is 5.91 Å². The Morgan fingerprint density at radius 1 is 1.33 bits per heavy atom. The van der Waals surface area contributed by atoms with Gasteiger partial charge in [-0.25, -0.2) is 0 Å². The molecule has 1 saturated carbocycles. The normalized spacial score (nSPS) is 25.7. The van der Waals surface area contributed by atoms with Gasteiger partial charge >= 0.3 is 0 Å². The van der Waals surface area contributed by atoms with E-state index < -0.39 is 0 Å². The highest BCUT2D eigenvalue weighted by molar-refractivity contribution is 5.75. The number of carbonyl (C=O) groups is 1. The first kappa shape index (κ1) is 13.8. The Morgan fingerprint density at radius 2 is 2.11 bits per heavy atom. The molecule has 2 aliphatic rings. The Bertz CT molecular complexity index is 265. The van der Waals surface area contributed by atoms with E-state index in [-0.39, 0.29) is 5.91 Å². The third-order valence-electron chi connectivity index (χ3n) is 4.28. The van der Waals surface area contributed by atoms with Gasteiger partial charge in [0.15, 0.2) is 0 Å². The fraction of sp³-hybridized carbons (Fsp3) is 0.929. The Morgan fingerprint density at radius 3 is 2.83 bits per heavy atom. The Balaban J connectivity index is 1.61. The summed E-state index contributed by atoms with van der Waals surface area (Å²) in [6.45, 7) is 3.76. The topological polar surface area (TPSA) is 41.6 Å². The molecular weight excluding hydrogens is 228 g/mol. The van der Waals surface area contributed by atoms with Gasteiger partial charge in [-0.2, -0.15) is 0 Å². The van der Waals surface area contributed by atoms with Crippen LogP contribution in [0.15, 0.2) is 0 Å². The first-order chi connectivity index (χ1) is 8.79. The fourth-order valence-electron chi connectivity index (χ4n) is 3.17. The molecule has 4 heteroatoms. The van der Waals surface area contributed by atoms with E-state index in [4.69, 9.17) is 4.74 Å². The number of hydrogen-bond acceptors (Lipinski definition) is 3. The van der Waals surface area contributed by atoms with Crippen LogP contribution in [0.2, 0.25) is 0 Å². The molecule has 1 N–H and O–H groups in total. The summed E-state index contributed by atoms with van der Waals surface area (Å²) >= 11 is 0. The van der Waals surface area contributed by atoms with Crippen molar-refractivity contribution in [1.82, 2.24) is 10.2 Å². The van der Waals surface area contributed by atoms with Crippen LogP contribution in [0.25, 0.3) is 0 Å². The SMILES string of the molecule is COCCC(=O)NC[C@H]1CCN(C2CCCC2)C1. The molecule has 1 amide bonds. The van der Waals surface area contributed by atoms with Crippen LogP contribution in [0.5, 0.6) is 0 Å². The van der Waals surface area contributed by atoms with E-state index in [1.165, 1.54) is 45.2 Å². The zero-order chi connectivity index (χ0) is 12.8. The fourth-order valence-corrected chi connectivity index (χ4v) is 3.17. The smallest absolute Gasteiger partial charge is 0.222 e. The van der Waals surface area contributed by atoms with Crippen molar-refractivity contribution in [2.24, 2.45) is 5.92 Å². The van der Waals surface area contributed by atoms with Gasteiger partial charge in [-0.15, -0.1) is 0 Å². The van der Waals surface area contributed by atoms with Gasteiger partial charge in [-0.05, 0) is 31.7 Å². The van der Waals surface area contributed by atoms with Crippen LogP contribution < -0.4 is 5.32 Å². The zero-order valence-electron chi connectivity index (χ0n) is 11.5. The maximum absolute atomic E-state index is 11.5. The molecule has 0 aromatic rings. The number of nitrogens with one attached hydrogen (secondary N) is 1. The van der Waals surface area contributed by atoms with Gasteiger partial charge in [0, 0.05) is 32.7 Å². The number of hydrogen-bond donors (Lipinski definition) is 1. The zero-order valence-corrected chi connectivity index (χ0v) is 11.5. The van der Waals surface area contributed by atoms with Crippen molar-refractivity contribution in [3.63, 3.8) is 0 Å². The van der Waals surface area contributed by atoms with Crippen LogP contribution in [0.3, 0.4) is 0 Å². The number of nitrogens with zero attached hydrogens (tertiary/aromatic N) is 1. The van der Waals surface area contributed by atoms with E-state index in [0.717, 1.165) is 12.6 Å². The van der Waals surface area contributed by atoms with Crippen LogP contribution in [-0.2, 0) is 9.53 Å². The van der Waals surface area contributed by atoms with Crippen molar-refractivity contribution in [1.29, 1.82) is 0 Å². The molecule has 1 saturated heterocycles. The van der Waals surface area contributed by atoms with E-state index >= 15 is 0 Å². The Kier molecular flexibility index (Phi) is 5.45. The molecule has 104 valence electrons. The lowest BCUT2D eigenvalue weighted by Crippen LogP contribution is -2.34. The molecule has 0 bridgehead atoms. The second-order valence-corrected chi connectivity index (χ2v) is 5.63. The Labute approximate surface area is 110 Å². The molecule has 2 fully saturated rings. The van der Waals surface area contributed by atoms with Crippen LogP contribution in [0, 0.1) is 5.92 Å². The predicted molar refractivity (Wildman–Crippen MR) is 71.4 cm³/mol. The molecule has 18 heavy (non-hydrogen) atoms. The highest BCUT2D eigenvalue weighted by Crippen LogP contribution is 2.28. The number of amides is 1. The maximum Gasteiger partial charge on any atom is 0.222 e. The molecule has 0 aromatic heterocycles. The number of rotatable bonds is 6. The van der Waals surface area contributed by atoms with Crippen molar-refractivity contribution in [2.75, 3.05) is 33.4 Å². The standard InChI is InChI=1S/C14H26N2O2/c1-18-9-7-14(17)15-10-12-6-8-16(11-12)13-4-2-3-5-13/h12-13H,2-11H2,1H3,(H,15,17)/t12-/m1/s1. The van der Waals surface area contributed by atoms with E-state index in [1.54, 1.807) is 7.11 Å². The van der Waals surface area contributed by atoms with Gasteiger partial charge in [0.1, 0.15) is 0 Å². The van der Waals surface area contributed by atoms with Gasteiger partial charge in [-0.3, -0.25) is 4.79 Å². The van der Waals surface area contributed by atoms with Gasteiger partial charge in [0.05, 0.1) is 6.61 Å². The summed E-state index contributed by atoms with van der Waals surface area (Å²) in [6, 6.07) is 0.833. The average Bonchev–Trinajstić information content (AvgIpc) is 3.03. The average molecular weight is 254 g/mol. The van der Waals surface area contributed by atoms with Gasteiger partial charge in [0.25, 0.3) is 0 Å². The van der Waals surface area contributed by atoms with Crippen molar-refractivity contribution in [2.45, 2.75) is 44.6 Å². The highest BCUT2D eigenvalue weighted by Gasteiger charge is 2.29. The summed E-state index contributed by atoms with van der Waals surface area (Å²) < 4.78 is 4.90. The van der Waals surface area contributed by atoms with Crippen LogP contribution in [0.4, 0.5) is 0 Å². The number of ether oxygens (including phenoxy) is 1. The van der Waals surface area contributed by atoms with Crippen molar-refractivity contribution in [3.8, 4) is 0 Å². The van der Waals surface area contributed by atoms with Gasteiger partial charge < -0.3 is 15.0 Å². The molecule has 0 spiro atoms. The second-order valence-electron chi connectivity index (χ2n) is 5.63. The molecule has 1 atom stereocenters. The molecular formula is C14H26N2O2. The molecule has 0 aromatic carbocycles. The quantitative estimate of drug-likeness (QED) is 0.779. The lowest BCUT2D eigenvalue weighted by molar-refractivity contribution is -0.122. The minimum atomic E-state index is 0.121. The van der Waals surface area contributed by atoms with E-state index in [0.29, 0.717) is 18.9 Å². The summed E-state index contributed by atoms with van der Waals surface area (Å²) in [4.78, 5) is 14.1. The minimum Gasteiger partial charge on any atom is -0.384 e. The number of methoxy groups -OCH3 is 1. The third kappa shape index (κ3) is 3.95. The predicted octanol–water partition coefficient (Wildman–Crippen LogP) is 1.40. The molecule has 0 radical (unpaired) electrons. The van der Waals surface area contributed by atoms with Crippen LogP contribution in [-0.4, -0.2) is 50.2 Å². The summed E-state index contributed by atoms with van der Waals surface area (Å²) in [5.74, 6) is 0.772. The van der Waals surface area contributed by atoms with E-state index in [9.17, 15) is 4.79 Å². The monoisotopic (exact) mass is 254 g/mol. The lowest BCUT2D eigenvalue weighted by Gasteiger charge is -2.23. The molecule has 4 nitrogen and oxygen atoms in total. The molecule has 1 aliphatic heterocycles. The van der Waals surface area contributed by atoms with Gasteiger partial charge in [-0.1, -0.05) is 12.8 Å². The maximum atomic E-state index is 11.5. The number of likely N-dealkylation sites (tertiary alicyclic amines) is 1. The Hall–Kier alpha value is -0.610. The minimum absolute atomic E-state index is 0.121. The summed E-state index contributed by atoms with van der Waals surface area (Å²) in [5.41, 5.74) is 0. The van der Waals surface area contributed by atoms with Gasteiger partial charge in [0.2, 0.25) is 5.91 Å². The highest BCUT2D eigenvalue weighted by atomic mass is 16.5. The molecule has 1 heterocycles. The van der Waals surface area contributed by atoms with Crippen LogP contribution >= 0.6 is 0 Å². The summed E-state index contributed by atoms with van der Waals surface area (Å²) in [6.07, 6.45) is 7.29. The lowest BCUT2D eigenvalue weighted by atomic mass is 10.1. The summed E-state index contributed by atoms with van der Waals surface area (Å²) in [7, 11) is 1.63. The van der Waals surface area contributed by atoms with Crippen molar-refractivity contribution in [3.05, 3.63) is 0 Å².